The molecule has 1 unspecified atom stereocenters. The van der Waals surface area contributed by atoms with Crippen molar-refractivity contribution in [1.29, 1.82) is 0 Å². The SMILES string of the molecule is CN1CCCC(CNc2ccccc2[N+](=O)[O-])C1. The van der Waals surface area contributed by atoms with Crippen LogP contribution in [0.3, 0.4) is 0 Å². The largest absolute Gasteiger partial charge is 0.379 e. The minimum Gasteiger partial charge on any atom is -0.379 e. The molecule has 1 fully saturated rings. The van der Waals surface area contributed by atoms with Crippen LogP contribution in [0.2, 0.25) is 0 Å². The maximum absolute atomic E-state index is 10.9. The number of nitro benzene ring substituents is 1. The van der Waals surface area contributed by atoms with Gasteiger partial charge >= 0.3 is 0 Å². The van der Waals surface area contributed by atoms with Gasteiger partial charge in [-0.05, 0) is 38.4 Å². The summed E-state index contributed by atoms with van der Waals surface area (Å²) in [7, 11) is 2.12. The van der Waals surface area contributed by atoms with E-state index < -0.39 is 0 Å². The smallest absolute Gasteiger partial charge is 0.292 e. The van der Waals surface area contributed by atoms with Crippen molar-refractivity contribution in [3.63, 3.8) is 0 Å². The molecule has 1 aromatic carbocycles. The normalized spacial score (nSPS) is 20.6. The summed E-state index contributed by atoms with van der Waals surface area (Å²) in [4.78, 5) is 12.9. The summed E-state index contributed by atoms with van der Waals surface area (Å²) in [6, 6.07) is 6.82. The van der Waals surface area contributed by atoms with Gasteiger partial charge in [0.2, 0.25) is 0 Å². The number of piperidine rings is 1. The van der Waals surface area contributed by atoms with E-state index in [1.807, 2.05) is 6.07 Å². The van der Waals surface area contributed by atoms with Crippen LogP contribution in [0.5, 0.6) is 0 Å². The van der Waals surface area contributed by atoms with E-state index in [2.05, 4.69) is 17.3 Å². The third kappa shape index (κ3) is 3.20. The predicted molar refractivity (Wildman–Crippen MR) is 71.8 cm³/mol. The third-order valence-electron chi connectivity index (χ3n) is 3.40. The van der Waals surface area contributed by atoms with Crippen LogP contribution in [-0.4, -0.2) is 36.5 Å². The lowest BCUT2D eigenvalue weighted by Crippen LogP contribution is -2.35. The zero-order valence-corrected chi connectivity index (χ0v) is 10.6. The minimum atomic E-state index is -0.338. The summed E-state index contributed by atoms with van der Waals surface area (Å²) in [5.41, 5.74) is 0.775. The molecule has 1 atom stereocenters. The topological polar surface area (TPSA) is 58.4 Å². The zero-order chi connectivity index (χ0) is 13.0. The van der Waals surface area contributed by atoms with Gasteiger partial charge in [-0.3, -0.25) is 10.1 Å². The molecule has 1 aromatic rings. The number of hydrogen-bond donors (Lipinski definition) is 1. The number of nitrogens with zero attached hydrogens (tertiary/aromatic N) is 2. The Labute approximate surface area is 107 Å². The molecule has 18 heavy (non-hydrogen) atoms. The summed E-state index contributed by atoms with van der Waals surface area (Å²) in [6.07, 6.45) is 2.40. The van der Waals surface area contributed by atoms with Gasteiger partial charge in [-0.1, -0.05) is 12.1 Å². The maximum Gasteiger partial charge on any atom is 0.292 e. The van der Waals surface area contributed by atoms with Crippen LogP contribution in [0, 0.1) is 16.0 Å². The van der Waals surface area contributed by atoms with E-state index in [1.165, 1.54) is 18.9 Å². The Morgan fingerprint density at radius 1 is 1.50 bits per heavy atom. The van der Waals surface area contributed by atoms with Gasteiger partial charge < -0.3 is 10.2 Å². The molecule has 5 heteroatoms. The van der Waals surface area contributed by atoms with E-state index in [1.54, 1.807) is 12.1 Å². The first-order valence-corrected chi connectivity index (χ1v) is 6.32. The van der Waals surface area contributed by atoms with Crippen LogP contribution < -0.4 is 5.32 Å². The second-order valence-electron chi connectivity index (χ2n) is 4.93. The van der Waals surface area contributed by atoms with E-state index in [0.29, 0.717) is 11.6 Å². The molecule has 1 heterocycles. The van der Waals surface area contributed by atoms with Crippen molar-refractivity contribution in [2.24, 2.45) is 5.92 Å². The van der Waals surface area contributed by atoms with Crippen molar-refractivity contribution in [2.75, 3.05) is 32.0 Å². The van der Waals surface area contributed by atoms with E-state index in [0.717, 1.165) is 19.6 Å². The van der Waals surface area contributed by atoms with Crippen molar-refractivity contribution >= 4 is 11.4 Å². The Kier molecular flexibility index (Phi) is 4.15. The summed E-state index contributed by atoms with van der Waals surface area (Å²) in [6.45, 7) is 3.02. The number of nitrogens with one attached hydrogen (secondary N) is 1. The summed E-state index contributed by atoms with van der Waals surface area (Å²) in [5.74, 6) is 0.573. The first-order valence-electron chi connectivity index (χ1n) is 6.32. The molecule has 0 saturated carbocycles. The van der Waals surface area contributed by atoms with Crippen LogP contribution in [0.4, 0.5) is 11.4 Å². The highest BCUT2D eigenvalue weighted by molar-refractivity contribution is 5.61. The quantitative estimate of drug-likeness (QED) is 0.657. The minimum absolute atomic E-state index is 0.154. The van der Waals surface area contributed by atoms with Crippen molar-refractivity contribution in [3.8, 4) is 0 Å². The van der Waals surface area contributed by atoms with Crippen LogP contribution in [0.15, 0.2) is 24.3 Å². The molecule has 0 spiro atoms. The highest BCUT2D eigenvalue weighted by Crippen LogP contribution is 2.24. The van der Waals surface area contributed by atoms with E-state index in [4.69, 9.17) is 0 Å². The van der Waals surface area contributed by atoms with Crippen LogP contribution in [0.25, 0.3) is 0 Å². The molecule has 1 saturated heterocycles. The molecule has 2 rings (SSSR count). The first-order chi connectivity index (χ1) is 8.66. The Morgan fingerprint density at radius 2 is 2.28 bits per heavy atom. The summed E-state index contributed by atoms with van der Waals surface area (Å²) < 4.78 is 0. The standard InChI is InChI=1S/C13H19N3O2/c1-15-8-4-5-11(10-15)9-14-12-6-2-3-7-13(12)16(17)18/h2-3,6-7,11,14H,4-5,8-10H2,1H3. The van der Waals surface area contributed by atoms with Gasteiger partial charge in [0, 0.05) is 19.2 Å². The highest BCUT2D eigenvalue weighted by atomic mass is 16.6. The second kappa shape index (κ2) is 5.82. The number of benzene rings is 1. The fourth-order valence-corrected chi connectivity index (χ4v) is 2.48. The van der Waals surface area contributed by atoms with Crippen LogP contribution >= 0.6 is 0 Å². The number of nitro groups is 1. The van der Waals surface area contributed by atoms with Crippen molar-refractivity contribution < 1.29 is 4.92 Å². The average molecular weight is 249 g/mol. The fourth-order valence-electron chi connectivity index (χ4n) is 2.48. The lowest BCUT2D eigenvalue weighted by molar-refractivity contribution is -0.384. The monoisotopic (exact) mass is 249 g/mol. The molecule has 98 valence electrons. The van der Waals surface area contributed by atoms with Gasteiger partial charge in [0.25, 0.3) is 5.69 Å². The number of rotatable bonds is 4. The first kappa shape index (κ1) is 12.8. The van der Waals surface area contributed by atoms with Gasteiger partial charge in [0.15, 0.2) is 0 Å². The molecule has 1 aliphatic heterocycles. The molecule has 0 amide bonds. The Balaban J connectivity index is 1.95. The van der Waals surface area contributed by atoms with Gasteiger partial charge in [0.05, 0.1) is 4.92 Å². The van der Waals surface area contributed by atoms with Crippen LogP contribution in [-0.2, 0) is 0 Å². The van der Waals surface area contributed by atoms with Gasteiger partial charge in [-0.2, -0.15) is 0 Å². The van der Waals surface area contributed by atoms with E-state index in [9.17, 15) is 10.1 Å². The molecular weight excluding hydrogens is 230 g/mol. The molecule has 1 aliphatic rings. The van der Waals surface area contributed by atoms with Gasteiger partial charge in [-0.15, -0.1) is 0 Å². The number of likely N-dealkylation sites (tertiary alicyclic amines) is 1. The maximum atomic E-state index is 10.9. The molecular formula is C13H19N3O2. The average Bonchev–Trinajstić information content (AvgIpc) is 2.37. The van der Waals surface area contributed by atoms with Crippen LogP contribution in [0.1, 0.15) is 12.8 Å². The predicted octanol–water partition coefficient (Wildman–Crippen LogP) is 2.35. The molecule has 0 aromatic heterocycles. The number of para-hydroxylation sites is 2. The van der Waals surface area contributed by atoms with Crippen molar-refractivity contribution in [1.82, 2.24) is 4.90 Å². The highest BCUT2D eigenvalue weighted by Gasteiger charge is 2.18. The van der Waals surface area contributed by atoms with Gasteiger partial charge in [0.1, 0.15) is 5.69 Å². The molecule has 1 N–H and O–H groups in total. The van der Waals surface area contributed by atoms with Gasteiger partial charge in [-0.25, -0.2) is 0 Å². The lowest BCUT2D eigenvalue weighted by Gasteiger charge is -2.29. The zero-order valence-electron chi connectivity index (χ0n) is 10.6. The molecule has 5 nitrogen and oxygen atoms in total. The molecule has 0 radical (unpaired) electrons. The fraction of sp³-hybridized carbons (Fsp3) is 0.538. The third-order valence-corrected chi connectivity index (χ3v) is 3.40. The Bertz CT molecular complexity index is 422. The molecule has 0 aliphatic carbocycles. The molecule has 0 bridgehead atoms. The van der Waals surface area contributed by atoms with E-state index >= 15 is 0 Å². The Hall–Kier alpha value is -1.62. The summed E-state index contributed by atoms with van der Waals surface area (Å²) >= 11 is 0. The van der Waals surface area contributed by atoms with Crippen molar-refractivity contribution in [3.05, 3.63) is 34.4 Å². The summed E-state index contributed by atoms with van der Waals surface area (Å²) in [5, 5.41) is 14.1. The van der Waals surface area contributed by atoms with Crippen molar-refractivity contribution in [2.45, 2.75) is 12.8 Å². The lowest BCUT2D eigenvalue weighted by atomic mass is 9.98. The number of hydrogen-bond acceptors (Lipinski definition) is 4. The Morgan fingerprint density at radius 3 is 3.00 bits per heavy atom. The number of anilines is 1. The second-order valence-corrected chi connectivity index (χ2v) is 4.93. The van der Waals surface area contributed by atoms with E-state index in [-0.39, 0.29) is 10.6 Å².